The number of halogens is 1. The Morgan fingerprint density at radius 1 is 1.17 bits per heavy atom. The van der Waals surface area contributed by atoms with Crippen LogP contribution >= 0.6 is 12.4 Å². The van der Waals surface area contributed by atoms with Crippen molar-refractivity contribution in [1.82, 2.24) is 0 Å². The van der Waals surface area contributed by atoms with E-state index in [2.05, 4.69) is 4.99 Å². The van der Waals surface area contributed by atoms with E-state index in [0.717, 1.165) is 25.7 Å². The summed E-state index contributed by atoms with van der Waals surface area (Å²) in [4.78, 5) is 4.03. The third kappa shape index (κ3) is 3.78. The highest BCUT2D eigenvalue weighted by molar-refractivity contribution is 5.85. The van der Waals surface area contributed by atoms with Crippen LogP contribution in [0.3, 0.4) is 0 Å². The Bertz CT molecular complexity index is 151. The van der Waals surface area contributed by atoms with E-state index in [1.807, 2.05) is 0 Å². The Balaban J connectivity index is 0.00000121. The Hall–Kier alpha value is -0.480. The molecule has 4 nitrogen and oxygen atoms in total. The molecule has 0 atom stereocenters. The first-order valence-electron chi connectivity index (χ1n) is 3.95. The average Bonchev–Trinajstić information content (AvgIpc) is 1.93. The molecule has 0 aromatic carbocycles. The van der Waals surface area contributed by atoms with Gasteiger partial charge in [0, 0.05) is 0 Å². The van der Waals surface area contributed by atoms with Crippen LogP contribution in [0.25, 0.3) is 0 Å². The molecule has 0 radical (unpaired) electrons. The second-order valence-corrected chi connectivity index (χ2v) is 3.02. The number of hydrogen-bond acceptors (Lipinski definition) is 2. The molecule has 0 unspecified atom stereocenters. The molecule has 0 aromatic rings. The second kappa shape index (κ2) is 5.22. The molecule has 1 fully saturated rings. The minimum Gasteiger partial charge on any atom is -0.393 e. The third-order valence-electron chi connectivity index (χ3n) is 2.00. The molecular weight excluding hydrogens is 178 g/mol. The molecule has 5 heteroatoms. The zero-order chi connectivity index (χ0) is 8.27. The minimum atomic E-state index is -0.138. The van der Waals surface area contributed by atoms with E-state index in [9.17, 15) is 0 Å². The van der Waals surface area contributed by atoms with E-state index < -0.39 is 0 Å². The normalized spacial score (nSPS) is 28.8. The lowest BCUT2D eigenvalue weighted by Gasteiger charge is -2.22. The first kappa shape index (κ1) is 11.5. The van der Waals surface area contributed by atoms with Crippen LogP contribution in [0.5, 0.6) is 0 Å². The third-order valence-corrected chi connectivity index (χ3v) is 2.00. The summed E-state index contributed by atoms with van der Waals surface area (Å²) < 4.78 is 0. The topological polar surface area (TPSA) is 84.6 Å². The number of aliphatic hydroxyl groups excluding tert-OH is 1. The van der Waals surface area contributed by atoms with Crippen molar-refractivity contribution < 1.29 is 5.11 Å². The second-order valence-electron chi connectivity index (χ2n) is 3.02. The maximum Gasteiger partial charge on any atom is 0.186 e. The number of guanidine groups is 1. The maximum absolute atomic E-state index is 9.15. The number of nitrogens with zero attached hydrogens (tertiary/aromatic N) is 1. The van der Waals surface area contributed by atoms with Gasteiger partial charge in [-0.15, -0.1) is 12.4 Å². The predicted octanol–water partition coefficient (Wildman–Crippen LogP) is -0.0149. The van der Waals surface area contributed by atoms with Crippen molar-refractivity contribution in [3.05, 3.63) is 0 Å². The molecule has 72 valence electrons. The van der Waals surface area contributed by atoms with Gasteiger partial charge in [-0.05, 0) is 25.7 Å². The highest BCUT2D eigenvalue weighted by atomic mass is 35.5. The number of nitrogens with two attached hydrogens (primary N) is 2. The van der Waals surface area contributed by atoms with Crippen molar-refractivity contribution in [3.8, 4) is 0 Å². The van der Waals surface area contributed by atoms with Gasteiger partial charge < -0.3 is 16.6 Å². The van der Waals surface area contributed by atoms with Crippen molar-refractivity contribution in [2.45, 2.75) is 37.8 Å². The van der Waals surface area contributed by atoms with Crippen LogP contribution < -0.4 is 11.5 Å². The Morgan fingerprint density at radius 2 is 1.67 bits per heavy atom. The number of aliphatic hydroxyl groups is 1. The summed E-state index contributed by atoms with van der Waals surface area (Å²) in [5, 5.41) is 9.15. The van der Waals surface area contributed by atoms with Crippen molar-refractivity contribution in [3.63, 3.8) is 0 Å². The van der Waals surface area contributed by atoms with Crippen molar-refractivity contribution in [1.29, 1.82) is 0 Å². The van der Waals surface area contributed by atoms with Gasteiger partial charge in [0.25, 0.3) is 0 Å². The molecule has 1 saturated carbocycles. The fraction of sp³-hybridized carbons (Fsp3) is 0.857. The predicted molar refractivity (Wildman–Crippen MR) is 51.3 cm³/mol. The van der Waals surface area contributed by atoms with Crippen molar-refractivity contribution in [2.24, 2.45) is 16.5 Å². The molecule has 0 saturated heterocycles. The molecule has 0 amide bonds. The fourth-order valence-corrected chi connectivity index (χ4v) is 1.40. The molecule has 1 rings (SSSR count). The van der Waals surface area contributed by atoms with Crippen LogP contribution in [0.15, 0.2) is 4.99 Å². The fourth-order valence-electron chi connectivity index (χ4n) is 1.40. The smallest absolute Gasteiger partial charge is 0.186 e. The molecule has 5 N–H and O–H groups in total. The average molecular weight is 194 g/mol. The zero-order valence-corrected chi connectivity index (χ0v) is 7.76. The van der Waals surface area contributed by atoms with Gasteiger partial charge in [-0.3, -0.25) is 4.99 Å². The summed E-state index contributed by atoms with van der Waals surface area (Å²) in [7, 11) is 0. The summed E-state index contributed by atoms with van der Waals surface area (Å²) in [5.41, 5.74) is 10.4. The van der Waals surface area contributed by atoms with Gasteiger partial charge in [0.05, 0.1) is 12.1 Å². The van der Waals surface area contributed by atoms with Crippen LogP contribution in [0.2, 0.25) is 0 Å². The van der Waals surface area contributed by atoms with Crippen molar-refractivity contribution in [2.75, 3.05) is 0 Å². The van der Waals surface area contributed by atoms with Gasteiger partial charge in [0.15, 0.2) is 5.96 Å². The van der Waals surface area contributed by atoms with E-state index in [0.29, 0.717) is 0 Å². The summed E-state index contributed by atoms with van der Waals surface area (Å²) in [5.74, 6) is 0.159. The zero-order valence-electron chi connectivity index (χ0n) is 6.94. The molecule has 0 bridgehead atoms. The summed E-state index contributed by atoms with van der Waals surface area (Å²) in [6.07, 6.45) is 3.31. The molecule has 0 aromatic heterocycles. The van der Waals surface area contributed by atoms with E-state index in [4.69, 9.17) is 16.6 Å². The Morgan fingerprint density at radius 3 is 2.08 bits per heavy atom. The highest BCUT2D eigenvalue weighted by Crippen LogP contribution is 2.20. The summed E-state index contributed by atoms with van der Waals surface area (Å²) in [6.45, 7) is 0. The number of rotatable bonds is 1. The number of hydrogen-bond donors (Lipinski definition) is 3. The molecule has 0 spiro atoms. The lowest BCUT2D eigenvalue weighted by atomic mass is 9.94. The maximum atomic E-state index is 9.15. The molecule has 1 aliphatic carbocycles. The molecule has 1 aliphatic rings. The lowest BCUT2D eigenvalue weighted by molar-refractivity contribution is 0.123. The standard InChI is InChI=1S/C7H15N3O.ClH/c8-7(9)10-5-1-3-6(11)4-2-5;/h5-6,11H,1-4H2,(H4,8,9,10);1H. The van der Waals surface area contributed by atoms with E-state index in [-0.39, 0.29) is 30.5 Å². The Labute approximate surface area is 78.4 Å². The lowest BCUT2D eigenvalue weighted by Crippen LogP contribution is -2.28. The van der Waals surface area contributed by atoms with Gasteiger partial charge >= 0.3 is 0 Å². The first-order valence-corrected chi connectivity index (χ1v) is 3.95. The van der Waals surface area contributed by atoms with Crippen LogP contribution in [0.4, 0.5) is 0 Å². The first-order chi connectivity index (χ1) is 5.18. The number of aliphatic imine (C=N–C) groups is 1. The Kier molecular flexibility index (Phi) is 5.01. The quantitative estimate of drug-likeness (QED) is 0.405. The molecule has 12 heavy (non-hydrogen) atoms. The SMILES string of the molecule is Cl.NC(N)=NC1CCC(O)CC1. The van der Waals surface area contributed by atoms with Gasteiger partial charge in [-0.2, -0.15) is 0 Å². The largest absolute Gasteiger partial charge is 0.393 e. The molecule has 0 heterocycles. The minimum absolute atomic E-state index is 0. The van der Waals surface area contributed by atoms with E-state index >= 15 is 0 Å². The van der Waals surface area contributed by atoms with Crippen LogP contribution in [-0.2, 0) is 0 Å². The van der Waals surface area contributed by atoms with Gasteiger partial charge in [-0.1, -0.05) is 0 Å². The van der Waals surface area contributed by atoms with Gasteiger partial charge in [0.2, 0.25) is 0 Å². The van der Waals surface area contributed by atoms with E-state index in [1.54, 1.807) is 0 Å². The van der Waals surface area contributed by atoms with E-state index in [1.165, 1.54) is 0 Å². The summed E-state index contributed by atoms with van der Waals surface area (Å²) >= 11 is 0. The van der Waals surface area contributed by atoms with Gasteiger partial charge in [-0.25, -0.2) is 0 Å². The van der Waals surface area contributed by atoms with Crippen LogP contribution in [0.1, 0.15) is 25.7 Å². The van der Waals surface area contributed by atoms with Gasteiger partial charge in [0.1, 0.15) is 0 Å². The molecular formula is C7H16ClN3O. The summed E-state index contributed by atoms with van der Waals surface area (Å²) in [6, 6.07) is 0.239. The van der Waals surface area contributed by atoms with Crippen molar-refractivity contribution >= 4 is 18.4 Å². The highest BCUT2D eigenvalue weighted by Gasteiger charge is 2.18. The van der Waals surface area contributed by atoms with Crippen LogP contribution in [-0.4, -0.2) is 23.2 Å². The monoisotopic (exact) mass is 193 g/mol. The van der Waals surface area contributed by atoms with Crippen LogP contribution in [0, 0.1) is 0 Å². The molecule has 0 aliphatic heterocycles.